The number of ether oxygens (including phenoxy) is 1. The van der Waals surface area contributed by atoms with Crippen LogP contribution in [-0.4, -0.2) is 0 Å². The van der Waals surface area contributed by atoms with E-state index in [1.807, 2.05) is 0 Å². The Bertz CT molecular complexity index is 479. The molecule has 0 aliphatic carbocycles. The van der Waals surface area contributed by atoms with Crippen LogP contribution in [0.2, 0.25) is 0 Å². The minimum Gasteiger partial charge on any atom is -0.482 e. The summed E-state index contributed by atoms with van der Waals surface area (Å²) >= 11 is 3.56. The molecule has 2 aromatic heterocycles. The maximum absolute atomic E-state index is 5.96. The molecule has 0 saturated carbocycles. The van der Waals surface area contributed by atoms with Crippen LogP contribution in [0.3, 0.4) is 0 Å². The van der Waals surface area contributed by atoms with Gasteiger partial charge in [-0.25, -0.2) is 0 Å². The number of thiophene rings is 2. The van der Waals surface area contributed by atoms with Gasteiger partial charge in [0.15, 0.2) is 0 Å². The fourth-order valence-electron chi connectivity index (χ4n) is 1.83. The van der Waals surface area contributed by atoms with Gasteiger partial charge in [-0.2, -0.15) is 0 Å². The van der Waals surface area contributed by atoms with Crippen LogP contribution in [0, 0.1) is 0 Å². The van der Waals surface area contributed by atoms with Crippen molar-refractivity contribution in [2.45, 2.75) is 19.4 Å². The van der Waals surface area contributed by atoms with Crippen LogP contribution < -0.4 is 4.74 Å². The Hall–Kier alpha value is -0.800. The molecule has 1 aliphatic heterocycles. The molecule has 1 aliphatic rings. The lowest BCUT2D eigenvalue weighted by Crippen LogP contribution is -2.27. The molecule has 0 N–H and O–H groups in total. The molecule has 0 fully saturated rings. The molecule has 72 valence electrons. The second-order valence-electron chi connectivity index (χ2n) is 3.89. The van der Waals surface area contributed by atoms with E-state index in [1.165, 1.54) is 15.3 Å². The molecule has 0 aromatic carbocycles. The maximum atomic E-state index is 5.96. The minimum absolute atomic E-state index is 0.177. The van der Waals surface area contributed by atoms with E-state index in [0.717, 1.165) is 5.75 Å². The van der Waals surface area contributed by atoms with E-state index < -0.39 is 0 Å². The molecule has 1 nitrogen and oxygen atoms in total. The molecule has 0 spiro atoms. The van der Waals surface area contributed by atoms with Crippen LogP contribution in [0.15, 0.2) is 22.9 Å². The van der Waals surface area contributed by atoms with E-state index in [2.05, 4.69) is 36.7 Å². The van der Waals surface area contributed by atoms with Crippen molar-refractivity contribution in [1.29, 1.82) is 0 Å². The molecular weight excluding hydrogens is 212 g/mol. The van der Waals surface area contributed by atoms with E-state index in [-0.39, 0.29) is 5.60 Å². The highest BCUT2D eigenvalue weighted by Crippen LogP contribution is 2.50. The molecule has 3 rings (SSSR count). The van der Waals surface area contributed by atoms with Gasteiger partial charge in [0.25, 0.3) is 0 Å². The van der Waals surface area contributed by atoms with Crippen molar-refractivity contribution in [2.24, 2.45) is 0 Å². The molecule has 2 aromatic rings. The van der Waals surface area contributed by atoms with Crippen molar-refractivity contribution in [3.05, 3.63) is 28.5 Å². The van der Waals surface area contributed by atoms with Crippen LogP contribution in [0.5, 0.6) is 5.75 Å². The predicted molar refractivity (Wildman–Crippen MR) is 61.3 cm³/mol. The van der Waals surface area contributed by atoms with Gasteiger partial charge in [0.05, 0.1) is 9.75 Å². The molecule has 3 heteroatoms. The van der Waals surface area contributed by atoms with Gasteiger partial charge < -0.3 is 4.74 Å². The highest BCUT2D eigenvalue weighted by molar-refractivity contribution is 7.20. The number of rotatable bonds is 0. The zero-order chi connectivity index (χ0) is 9.76. The Morgan fingerprint density at radius 1 is 1.07 bits per heavy atom. The summed E-state index contributed by atoms with van der Waals surface area (Å²) < 4.78 is 5.96. The summed E-state index contributed by atoms with van der Waals surface area (Å²) in [5, 5.41) is 4.24. The van der Waals surface area contributed by atoms with Gasteiger partial charge in [0.2, 0.25) is 0 Å². The second-order valence-corrected chi connectivity index (χ2v) is 5.72. The van der Waals surface area contributed by atoms with Crippen molar-refractivity contribution in [1.82, 2.24) is 0 Å². The molecule has 0 radical (unpaired) electrons. The first kappa shape index (κ1) is 8.50. The molecule has 14 heavy (non-hydrogen) atoms. The normalized spacial score (nSPS) is 17.0. The van der Waals surface area contributed by atoms with Crippen LogP contribution in [-0.2, 0) is 5.60 Å². The molecule has 0 atom stereocenters. The summed E-state index contributed by atoms with van der Waals surface area (Å²) in [6, 6.07) is 4.23. The zero-order valence-electron chi connectivity index (χ0n) is 8.03. The molecule has 3 heterocycles. The van der Waals surface area contributed by atoms with Crippen molar-refractivity contribution in [3.8, 4) is 15.5 Å². The first-order chi connectivity index (χ1) is 6.68. The summed E-state index contributed by atoms with van der Waals surface area (Å²) in [6.07, 6.45) is 0. The fraction of sp³-hybridized carbons (Fsp3) is 0.273. The fourth-order valence-corrected chi connectivity index (χ4v) is 3.88. The van der Waals surface area contributed by atoms with Crippen LogP contribution >= 0.6 is 22.7 Å². The average molecular weight is 222 g/mol. The van der Waals surface area contributed by atoms with Gasteiger partial charge in [-0.3, -0.25) is 0 Å². The standard InChI is InChI=1S/C11H10OS2/c1-11(2)7-3-5-13-9(7)10-8(12-11)4-6-14-10/h3-6H,1-2H3. The zero-order valence-corrected chi connectivity index (χ0v) is 9.67. The van der Waals surface area contributed by atoms with E-state index in [1.54, 1.807) is 22.7 Å². The molecule has 0 bridgehead atoms. The van der Waals surface area contributed by atoms with Crippen LogP contribution in [0.4, 0.5) is 0 Å². The first-order valence-corrected chi connectivity index (χ1v) is 6.29. The topological polar surface area (TPSA) is 9.23 Å². The monoisotopic (exact) mass is 222 g/mol. The van der Waals surface area contributed by atoms with Gasteiger partial charge in [-0.05, 0) is 36.7 Å². The smallest absolute Gasteiger partial charge is 0.140 e. The highest BCUT2D eigenvalue weighted by atomic mass is 32.1. The van der Waals surface area contributed by atoms with Crippen molar-refractivity contribution >= 4 is 22.7 Å². The van der Waals surface area contributed by atoms with E-state index in [0.29, 0.717) is 0 Å². The van der Waals surface area contributed by atoms with Gasteiger partial charge in [-0.1, -0.05) is 0 Å². The SMILES string of the molecule is CC1(C)Oc2ccsc2-c2sccc21. The van der Waals surface area contributed by atoms with Gasteiger partial charge >= 0.3 is 0 Å². The van der Waals surface area contributed by atoms with Crippen molar-refractivity contribution in [3.63, 3.8) is 0 Å². The molecule has 0 saturated heterocycles. The van der Waals surface area contributed by atoms with E-state index in [9.17, 15) is 0 Å². The lowest BCUT2D eigenvalue weighted by molar-refractivity contribution is 0.107. The summed E-state index contributed by atoms with van der Waals surface area (Å²) in [6.45, 7) is 4.25. The summed E-state index contributed by atoms with van der Waals surface area (Å²) in [5.74, 6) is 1.04. The van der Waals surface area contributed by atoms with Crippen molar-refractivity contribution < 1.29 is 4.74 Å². The summed E-state index contributed by atoms with van der Waals surface area (Å²) in [5.41, 5.74) is 1.14. The van der Waals surface area contributed by atoms with Crippen molar-refractivity contribution in [2.75, 3.05) is 0 Å². The third-order valence-corrected chi connectivity index (χ3v) is 4.49. The number of hydrogen-bond donors (Lipinski definition) is 0. The third kappa shape index (κ3) is 0.996. The highest BCUT2D eigenvalue weighted by Gasteiger charge is 2.33. The maximum Gasteiger partial charge on any atom is 0.140 e. The Kier molecular flexibility index (Phi) is 1.59. The lowest BCUT2D eigenvalue weighted by Gasteiger charge is -2.31. The van der Waals surface area contributed by atoms with Crippen LogP contribution in [0.25, 0.3) is 9.75 Å². The Balaban J connectivity index is 2.32. The molecule has 0 unspecified atom stereocenters. The van der Waals surface area contributed by atoms with Crippen LogP contribution in [0.1, 0.15) is 19.4 Å². The number of hydrogen-bond acceptors (Lipinski definition) is 3. The first-order valence-electron chi connectivity index (χ1n) is 4.53. The quantitative estimate of drug-likeness (QED) is 0.652. The average Bonchev–Trinajstić information content (AvgIpc) is 2.66. The number of fused-ring (bicyclic) bond motifs is 3. The molecule has 0 amide bonds. The van der Waals surface area contributed by atoms with Gasteiger partial charge in [0.1, 0.15) is 11.4 Å². The Morgan fingerprint density at radius 2 is 1.79 bits per heavy atom. The lowest BCUT2D eigenvalue weighted by atomic mass is 9.96. The Morgan fingerprint density at radius 3 is 2.64 bits per heavy atom. The predicted octanol–water partition coefficient (Wildman–Crippen LogP) is 4.10. The summed E-state index contributed by atoms with van der Waals surface area (Å²) in [4.78, 5) is 2.67. The van der Waals surface area contributed by atoms with E-state index >= 15 is 0 Å². The largest absolute Gasteiger partial charge is 0.482 e. The summed E-state index contributed by atoms with van der Waals surface area (Å²) in [7, 11) is 0. The molecular formula is C11H10OS2. The third-order valence-electron chi connectivity index (χ3n) is 2.51. The Labute approximate surface area is 91.0 Å². The van der Waals surface area contributed by atoms with E-state index in [4.69, 9.17) is 4.74 Å². The second kappa shape index (κ2) is 2.61. The van der Waals surface area contributed by atoms with Gasteiger partial charge in [0, 0.05) is 5.56 Å². The minimum atomic E-state index is -0.177. The van der Waals surface area contributed by atoms with Gasteiger partial charge in [-0.15, -0.1) is 22.7 Å².